The molecule has 0 aliphatic carbocycles. The van der Waals surface area contributed by atoms with Gasteiger partial charge >= 0.3 is 5.97 Å². The lowest BCUT2D eigenvalue weighted by Gasteiger charge is -2.38. The van der Waals surface area contributed by atoms with E-state index in [4.69, 9.17) is 5.11 Å². The van der Waals surface area contributed by atoms with Gasteiger partial charge in [0.2, 0.25) is 0 Å². The molecule has 1 aliphatic heterocycles. The van der Waals surface area contributed by atoms with Gasteiger partial charge in [-0.1, -0.05) is 13.8 Å². The highest BCUT2D eigenvalue weighted by Gasteiger charge is 2.33. The van der Waals surface area contributed by atoms with Crippen molar-refractivity contribution >= 4 is 5.97 Å². The number of carbonyl (C=O) groups is 1. The minimum Gasteiger partial charge on any atom is -0.481 e. The summed E-state index contributed by atoms with van der Waals surface area (Å²) < 4.78 is 0. The number of hydrogen-bond donors (Lipinski definition) is 2. The molecule has 2 N–H and O–H groups in total. The van der Waals surface area contributed by atoms with Crippen LogP contribution in [0, 0.1) is 5.41 Å². The lowest BCUT2D eigenvalue weighted by Crippen LogP contribution is -2.47. The highest BCUT2D eigenvalue weighted by Crippen LogP contribution is 2.31. The van der Waals surface area contributed by atoms with E-state index in [9.17, 15) is 4.79 Å². The fraction of sp³-hybridized carbons (Fsp3) is 0.889. The van der Waals surface area contributed by atoms with Crippen molar-refractivity contribution in [3.05, 3.63) is 0 Å². The quantitative estimate of drug-likeness (QED) is 0.657. The van der Waals surface area contributed by atoms with E-state index in [1.54, 1.807) is 0 Å². The molecule has 3 heteroatoms. The SMILES string of the molecule is CC1(C)CCCN[C@H]1CC(=O)O. The van der Waals surface area contributed by atoms with Crippen LogP contribution in [0.1, 0.15) is 33.1 Å². The molecule has 1 saturated heterocycles. The van der Waals surface area contributed by atoms with Gasteiger partial charge in [-0.05, 0) is 24.8 Å². The Hall–Kier alpha value is -0.570. The summed E-state index contributed by atoms with van der Waals surface area (Å²) in [5.41, 5.74) is 0.136. The average Bonchev–Trinajstić information content (AvgIpc) is 1.92. The Kier molecular flexibility index (Phi) is 2.73. The van der Waals surface area contributed by atoms with E-state index >= 15 is 0 Å². The number of piperidine rings is 1. The van der Waals surface area contributed by atoms with E-state index in [1.807, 2.05) is 0 Å². The Balaban J connectivity index is 2.54. The highest BCUT2D eigenvalue weighted by molar-refractivity contribution is 5.67. The van der Waals surface area contributed by atoms with Crippen LogP contribution in [-0.4, -0.2) is 23.7 Å². The first-order valence-electron chi connectivity index (χ1n) is 4.47. The van der Waals surface area contributed by atoms with Crippen molar-refractivity contribution in [2.75, 3.05) is 6.54 Å². The van der Waals surface area contributed by atoms with Crippen LogP contribution >= 0.6 is 0 Å². The van der Waals surface area contributed by atoms with Gasteiger partial charge in [0.25, 0.3) is 0 Å². The molecule has 0 bridgehead atoms. The van der Waals surface area contributed by atoms with Crippen molar-refractivity contribution in [1.82, 2.24) is 5.32 Å². The second kappa shape index (κ2) is 3.44. The molecule has 0 aromatic heterocycles. The van der Waals surface area contributed by atoms with Gasteiger partial charge in [0.1, 0.15) is 0 Å². The molecule has 70 valence electrons. The molecule has 1 fully saturated rings. The van der Waals surface area contributed by atoms with Crippen LogP contribution < -0.4 is 5.32 Å². The standard InChI is InChI=1S/C9H17NO2/c1-9(2)4-3-5-10-7(9)6-8(11)12/h7,10H,3-6H2,1-2H3,(H,11,12)/t7-/m0/s1. The van der Waals surface area contributed by atoms with Crippen molar-refractivity contribution in [2.24, 2.45) is 5.41 Å². The molecule has 0 spiro atoms. The molecular formula is C9H17NO2. The van der Waals surface area contributed by atoms with E-state index in [2.05, 4.69) is 19.2 Å². The topological polar surface area (TPSA) is 49.3 Å². The molecular weight excluding hydrogens is 154 g/mol. The van der Waals surface area contributed by atoms with E-state index in [0.29, 0.717) is 0 Å². The summed E-state index contributed by atoms with van der Waals surface area (Å²) in [6.45, 7) is 5.22. The summed E-state index contributed by atoms with van der Waals surface area (Å²) in [6, 6.07) is 0.142. The van der Waals surface area contributed by atoms with E-state index in [-0.39, 0.29) is 17.9 Å². The summed E-state index contributed by atoms with van der Waals surface area (Å²) in [5.74, 6) is -0.706. The van der Waals surface area contributed by atoms with Crippen LogP contribution in [0.25, 0.3) is 0 Å². The zero-order valence-electron chi connectivity index (χ0n) is 7.76. The Bertz CT molecular complexity index is 177. The van der Waals surface area contributed by atoms with E-state index < -0.39 is 5.97 Å². The minimum absolute atomic E-state index is 0.136. The first-order chi connectivity index (χ1) is 5.52. The first kappa shape index (κ1) is 9.52. The van der Waals surface area contributed by atoms with Crippen LogP contribution in [0.15, 0.2) is 0 Å². The van der Waals surface area contributed by atoms with Crippen molar-refractivity contribution in [3.63, 3.8) is 0 Å². The summed E-state index contributed by atoms with van der Waals surface area (Å²) in [7, 11) is 0. The molecule has 1 atom stereocenters. The zero-order valence-corrected chi connectivity index (χ0v) is 7.76. The molecule has 3 nitrogen and oxygen atoms in total. The summed E-state index contributed by atoms with van der Waals surface area (Å²) in [4.78, 5) is 10.5. The van der Waals surface area contributed by atoms with Crippen molar-refractivity contribution < 1.29 is 9.90 Å². The van der Waals surface area contributed by atoms with Gasteiger partial charge in [0.05, 0.1) is 6.42 Å². The second-order valence-corrected chi connectivity index (χ2v) is 4.20. The fourth-order valence-corrected chi connectivity index (χ4v) is 1.79. The van der Waals surface area contributed by atoms with Gasteiger partial charge in [-0.3, -0.25) is 4.79 Å². The Morgan fingerprint density at radius 2 is 2.33 bits per heavy atom. The molecule has 1 aliphatic rings. The molecule has 0 aromatic carbocycles. The monoisotopic (exact) mass is 171 g/mol. The maximum atomic E-state index is 10.5. The van der Waals surface area contributed by atoms with E-state index in [1.165, 1.54) is 0 Å². The molecule has 0 amide bonds. The maximum Gasteiger partial charge on any atom is 0.304 e. The molecule has 1 rings (SSSR count). The molecule has 12 heavy (non-hydrogen) atoms. The van der Waals surface area contributed by atoms with Crippen LogP contribution in [-0.2, 0) is 4.79 Å². The van der Waals surface area contributed by atoms with Gasteiger partial charge in [-0.15, -0.1) is 0 Å². The second-order valence-electron chi connectivity index (χ2n) is 4.20. The molecule has 0 radical (unpaired) electrons. The molecule has 0 unspecified atom stereocenters. The molecule has 0 aromatic rings. The Morgan fingerprint density at radius 1 is 1.67 bits per heavy atom. The normalized spacial score (nSPS) is 28.3. The number of hydrogen-bond acceptors (Lipinski definition) is 2. The highest BCUT2D eigenvalue weighted by atomic mass is 16.4. The third-order valence-corrected chi connectivity index (χ3v) is 2.71. The van der Waals surface area contributed by atoms with Crippen molar-refractivity contribution in [3.8, 4) is 0 Å². The fourth-order valence-electron chi connectivity index (χ4n) is 1.79. The number of carboxylic acid groups (broad SMARTS) is 1. The molecule has 0 saturated carbocycles. The van der Waals surface area contributed by atoms with Gasteiger partial charge < -0.3 is 10.4 Å². The minimum atomic E-state index is -0.706. The third-order valence-electron chi connectivity index (χ3n) is 2.71. The first-order valence-corrected chi connectivity index (χ1v) is 4.47. The Labute approximate surface area is 73.2 Å². The third kappa shape index (κ3) is 2.21. The van der Waals surface area contributed by atoms with Gasteiger partial charge in [-0.25, -0.2) is 0 Å². The number of carboxylic acids is 1. The summed E-state index contributed by atoms with van der Waals surface area (Å²) >= 11 is 0. The maximum absolute atomic E-state index is 10.5. The van der Waals surface area contributed by atoms with Crippen molar-refractivity contribution in [2.45, 2.75) is 39.2 Å². The lowest BCUT2D eigenvalue weighted by molar-refractivity contribution is -0.138. The number of rotatable bonds is 2. The van der Waals surface area contributed by atoms with Gasteiger partial charge in [-0.2, -0.15) is 0 Å². The predicted molar refractivity (Wildman–Crippen MR) is 47.1 cm³/mol. The average molecular weight is 171 g/mol. The summed E-state index contributed by atoms with van der Waals surface area (Å²) in [5, 5.41) is 11.9. The largest absolute Gasteiger partial charge is 0.481 e. The lowest BCUT2D eigenvalue weighted by atomic mass is 9.76. The van der Waals surface area contributed by atoms with Crippen LogP contribution in [0.2, 0.25) is 0 Å². The van der Waals surface area contributed by atoms with Gasteiger partial charge in [0.15, 0.2) is 0 Å². The summed E-state index contributed by atoms with van der Waals surface area (Å²) in [6.07, 6.45) is 2.52. The van der Waals surface area contributed by atoms with Crippen LogP contribution in [0.3, 0.4) is 0 Å². The van der Waals surface area contributed by atoms with Crippen LogP contribution in [0.5, 0.6) is 0 Å². The number of aliphatic carboxylic acids is 1. The van der Waals surface area contributed by atoms with Gasteiger partial charge in [0, 0.05) is 6.04 Å². The van der Waals surface area contributed by atoms with Crippen molar-refractivity contribution in [1.29, 1.82) is 0 Å². The van der Waals surface area contributed by atoms with E-state index in [0.717, 1.165) is 19.4 Å². The Morgan fingerprint density at radius 3 is 2.83 bits per heavy atom. The smallest absolute Gasteiger partial charge is 0.304 e. The van der Waals surface area contributed by atoms with Crippen LogP contribution in [0.4, 0.5) is 0 Å². The predicted octanol–water partition coefficient (Wildman–Crippen LogP) is 1.24. The zero-order chi connectivity index (χ0) is 9.19. The number of nitrogens with one attached hydrogen (secondary N) is 1. The molecule has 1 heterocycles.